The lowest BCUT2D eigenvalue weighted by Crippen LogP contribution is -2.14. The van der Waals surface area contributed by atoms with Gasteiger partial charge in [0.2, 0.25) is 0 Å². The van der Waals surface area contributed by atoms with E-state index in [-0.39, 0.29) is 17.3 Å². The smallest absolute Gasteiger partial charge is 0.261 e. The van der Waals surface area contributed by atoms with E-state index in [9.17, 15) is 4.79 Å². The number of fused-ring (bicyclic) bond motifs is 2. The summed E-state index contributed by atoms with van der Waals surface area (Å²) in [5, 5.41) is 7.52. The molecule has 0 fully saturated rings. The molecule has 0 saturated carbocycles. The molecule has 8 nitrogen and oxygen atoms in total. The number of nitrogens with one attached hydrogen (secondary N) is 1. The van der Waals surface area contributed by atoms with Crippen LogP contribution in [-0.2, 0) is 0 Å². The zero-order chi connectivity index (χ0) is 24.5. The average molecular weight is 465 g/mol. The Hall–Kier alpha value is -4.72. The minimum absolute atomic E-state index is 0.142. The van der Waals surface area contributed by atoms with E-state index in [0.29, 0.717) is 33.6 Å². The second kappa shape index (κ2) is 8.90. The van der Waals surface area contributed by atoms with Crippen LogP contribution < -0.4 is 15.8 Å². The Bertz CT molecular complexity index is 1600. The summed E-state index contributed by atoms with van der Waals surface area (Å²) in [7, 11) is 1.60. The SMILES string of the molecule is COc1ccccc1/C=N/n1c(N)c(C(=O)Nc2cc(C)cc(C)c2)c2nc3ccccc3nc21. The number of rotatable bonds is 5. The molecule has 8 heteroatoms. The Morgan fingerprint density at radius 1 is 1.00 bits per heavy atom. The van der Waals surface area contributed by atoms with Crippen molar-refractivity contribution in [2.24, 2.45) is 5.10 Å². The number of nitrogen functional groups attached to an aromatic ring is 1. The number of carbonyl (C=O) groups excluding carboxylic acids is 1. The minimum atomic E-state index is -0.381. The molecule has 0 aliphatic carbocycles. The van der Waals surface area contributed by atoms with Crippen LogP contribution in [0.3, 0.4) is 0 Å². The number of nitrogens with two attached hydrogens (primary N) is 1. The van der Waals surface area contributed by atoms with Crippen LogP contribution in [0.2, 0.25) is 0 Å². The highest BCUT2D eigenvalue weighted by atomic mass is 16.5. The Balaban J connectivity index is 1.67. The van der Waals surface area contributed by atoms with E-state index in [4.69, 9.17) is 20.4 Å². The van der Waals surface area contributed by atoms with E-state index in [0.717, 1.165) is 16.7 Å². The van der Waals surface area contributed by atoms with Gasteiger partial charge in [-0.1, -0.05) is 30.3 Å². The zero-order valence-corrected chi connectivity index (χ0v) is 19.6. The molecule has 3 aromatic carbocycles. The fraction of sp³-hybridized carbons (Fsp3) is 0.111. The lowest BCUT2D eigenvalue weighted by molar-refractivity contribution is 0.102. The molecule has 0 radical (unpaired) electrons. The maximum absolute atomic E-state index is 13.5. The molecule has 5 rings (SSSR count). The van der Waals surface area contributed by atoms with Crippen molar-refractivity contribution < 1.29 is 9.53 Å². The van der Waals surface area contributed by atoms with Crippen LogP contribution >= 0.6 is 0 Å². The number of anilines is 2. The molecule has 0 spiro atoms. The highest BCUT2D eigenvalue weighted by Gasteiger charge is 2.24. The van der Waals surface area contributed by atoms with E-state index >= 15 is 0 Å². The topological polar surface area (TPSA) is 107 Å². The quantitative estimate of drug-likeness (QED) is 0.359. The number of ether oxygens (including phenoxy) is 1. The first-order chi connectivity index (χ1) is 16.9. The summed E-state index contributed by atoms with van der Waals surface area (Å²) >= 11 is 0. The Labute approximate surface area is 202 Å². The van der Waals surface area contributed by atoms with Gasteiger partial charge in [-0.2, -0.15) is 9.78 Å². The van der Waals surface area contributed by atoms with Gasteiger partial charge < -0.3 is 15.8 Å². The van der Waals surface area contributed by atoms with Crippen molar-refractivity contribution >= 4 is 45.8 Å². The highest BCUT2D eigenvalue weighted by molar-refractivity contribution is 6.16. The number of nitrogens with zero attached hydrogens (tertiary/aromatic N) is 4. The fourth-order valence-electron chi connectivity index (χ4n) is 4.12. The number of benzene rings is 3. The molecule has 2 aromatic heterocycles. The number of carbonyl (C=O) groups is 1. The summed E-state index contributed by atoms with van der Waals surface area (Å²) in [5.41, 5.74) is 12.3. The summed E-state index contributed by atoms with van der Waals surface area (Å²) in [5.74, 6) is 0.423. The maximum Gasteiger partial charge on any atom is 0.261 e. The third-order valence-corrected chi connectivity index (χ3v) is 5.63. The van der Waals surface area contributed by atoms with Gasteiger partial charge in [0, 0.05) is 11.3 Å². The average Bonchev–Trinajstić information content (AvgIpc) is 3.10. The molecular formula is C27H24N6O2. The van der Waals surface area contributed by atoms with E-state index in [1.165, 1.54) is 4.68 Å². The molecule has 35 heavy (non-hydrogen) atoms. The predicted molar refractivity (Wildman–Crippen MR) is 139 cm³/mol. The lowest BCUT2D eigenvalue weighted by atomic mass is 10.1. The highest BCUT2D eigenvalue weighted by Crippen LogP contribution is 2.29. The van der Waals surface area contributed by atoms with Crippen LogP contribution in [0.15, 0.2) is 71.8 Å². The van der Waals surface area contributed by atoms with Crippen molar-refractivity contribution in [1.29, 1.82) is 0 Å². The normalized spacial score (nSPS) is 11.4. The Morgan fingerprint density at radius 2 is 1.66 bits per heavy atom. The number of aromatic nitrogens is 3. The summed E-state index contributed by atoms with van der Waals surface area (Å²) in [4.78, 5) is 22.9. The second-order valence-corrected chi connectivity index (χ2v) is 8.27. The first-order valence-electron chi connectivity index (χ1n) is 11.1. The van der Waals surface area contributed by atoms with Crippen molar-refractivity contribution in [1.82, 2.24) is 14.6 Å². The van der Waals surface area contributed by atoms with Gasteiger partial charge in [-0.25, -0.2) is 9.97 Å². The molecule has 2 heterocycles. The monoisotopic (exact) mass is 464 g/mol. The van der Waals surface area contributed by atoms with Crippen LogP contribution in [0.1, 0.15) is 27.0 Å². The van der Waals surface area contributed by atoms with Gasteiger partial charge in [0.05, 0.1) is 24.4 Å². The van der Waals surface area contributed by atoms with E-state index in [2.05, 4.69) is 10.4 Å². The van der Waals surface area contributed by atoms with Crippen molar-refractivity contribution in [2.45, 2.75) is 13.8 Å². The van der Waals surface area contributed by atoms with Crippen LogP contribution in [0.4, 0.5) is 11.5 Å². The minimum Gasteiger partial charge on any atom is -0.496 e. The van der Waals surface area contributed by atoms with Gasteiger partial charge in [0.15, 0.2) is 5.65 Å². The predicted octanol–water partition coefficient (Wildman–Crippen LogP) is 4.93. The summed E-state index contributed by atoms with van der Waals surface area (Å²) < 4.78 is 6.86. The summed E-state index contributed by atoms with van der Waals surface area (Å²) in [6, 6.07) is 20.8. The zero-order valence-electron chi connectivity index (χ0n) is 19.6. The fourth-order valence-corrected chi connectivity index (χ4v) is 4.12. The van der Waals surface area contributed by atoms with Gasteiger partial charge in [-0.15, -0.1) is 0 Å². The van der Waals surface area contributed by atoms with Gasteiger partial charge in [-0.05, 0) is 61.4 Å². The Morgan fingerprint density at radius 3 is 2.37 bits per heavy atom. The van der Waals surface area contributed by atoms with Crippen molar-refractivity contribution in [2.75, 3.05) is 18.2 Å². The lowest BCUT2D eigenvalue weighted by Gasteiger charge is -2.08. The largest absolute Gasteiger partial charge is 0.496 e. The van der Waals surface area contributed by atoms with Gasteiger partial charge in [0.25, 0.3) is 5.91 Å². The Kier molecular flexibility index (Phi) is 5.62. The molecule has 5 aromatic rings. The molecule has 1 amide bonds. The van der Waals surface area contributed by atoms with Crippen molar-refractivity contribution in [3.8, 4) is 5.75 Å². The van der Waals surface area contributed by atoms with Crippen LogP contribution in [0.5, 0.6) is 5.75 Å². The molecular weight excluding hydrogens is 440 g/mol. The van der Waals surface area contributed by atoms with Crippen LogP contribution in [0, 0.1) is 13.8 Å². The standard InChI is InChI=1S/C27H24N6O2/c1-16-12-17(2)14-19(13-16)30-27(34)23-24-26(32-21-10-6-5-9-20(21)31-24)33(25(23)28)29-15-18-8-4-7-11-22(18)35-3/h4-15H,28H2,1-3H3,(H,30,34)/b29-15+. The first-order valence-corrected chi connectivity index (χ1v) is 11.1. The van der Waals surface area contributed by atoms with Gasteiger partial charge >= 0.3 is 0 Å². The molecule has 0 aliphatic heterocycles. The van der Waals surface area contributed by atoms with E-state index in [1.807, 2.05) is 80.6 Å². The number of aryl methyl sites for hydroxylation is 2. The molecule has 0 aliphatic rings. The van der Waals surface area contributed by atoms with Crippen molar-refractivity contribution in [3.05, 3.63) is 89.0 Å². The summed E-state index contributed by atoms with van der Waals surface area (Å²) in [6.07, 6.45) is 1.62. The third-order valence-electron chi connectivity index (χ3n) is 5.63. The van der Waals surface area contributed by atoms with E-state index < -0.39 is 0 Å². The second-order valence-electron chi connectivity index (χ2n) is 8.27. The molecule has 0 unspecified atom stereocenters. The summed E-state index contributed by atoms with van der Waals surface area (Å²) in [6.45, 7) is 3.96. The molecule has 0 saturated heterocycles. The van der Waals surface area contributed by atoms with Crippen LogP contribution in [0.25, 0.3) is 22.2 Å². The number of hydrogen-bond donors (Lipinski definition) is 2. The van der Waals surface area contributed by atoms with Crippen LogP contribution in [-0.4, -0.2) is 33.9 Å². The number of amides is 1. The molecule has 174 valence electrons. The maximum atomic E-state index is 13.5. The molecule has 3 N–H and O–H groups in total. The third kappa shape index (κ3) is 4.17. The molecule has 0 atom stereocenters. The number of methoxy groups -OCH3 is 1. The van der Waals surface area contributed by atoms with Gasteiger partial charge in [-0.3, -0.25) is 4.79 Å². The van der Waals surface area contributed by atoms with Crippen molar-refractivity contribution in [3.63, 3.8) is 0 Å². The first kappa shape index (κ1) is 22.1. The van der Waals surface area contributed by atoms with Gasteiger partial charge in [0.1, 0.15) is 22.6 Å². The number of hydrogen-bond acceptors (Lipinski definition) is 6. The number of para-hydroxylation sites is 3. The van der Waals surface area contributed by atoms with E-state index in [1.54, 1.807) is 13.3 Å². The molecule has 0 bridgehead atoms.